The molecule has 0 heterocycles. The number of sulfone groups is 1. The van der Waals surface area contributed by atoms with Gasteiger partial charge in [-0.2, -0.15) is 0 Å². The van der Waals surface area contributed by atoms with Gasteiger partial charge in [0.1, 0.15) is 9.84 Å². The molecule has 1 N–H and O–H groups in total. The van der Waals surface area contributed by atoms with E-state index < -0.39 is 9.84 Å². The maximum absolute atomic E-state index is 11.6. The smallest absolute Gasteiger partial charge is 0.150 e. The monoisotopic (exact) mass is 247 g/mol. The fourth-order valence-electron chi connectivity index (χ4n) is 2.57. The highest BCUT2D eigenvalue weighted by Gasteiger charge is 2.22. The van der Waals surface area contributed by atoms with E-state index in [4.69, 9.17) is 0 Å². The van der Waals surface area contributed by atoms with Gasteiger partial charge in [0, 0.05) is 11.8 Å². The lowest BCUT2D eigenvalue weighted by atomic mass is 9.84. The third-order valence-corrected chi connectivity index (χ3v) is 5.43. The largest absolute Gasteiger partial charge is 0.317 e. The summed E-state index contributed by atoms with van der Waals surface area (Å²) < 4.78 is 23.2. The van der Waals surface area contributed by atoms with Crippen LogP contribution in [0.1, 0.15) is 45.4 Å². The van der Waals surface area contributed by atoms with Crippen molar-refractivity contribution in [3.8, 4) is 0 Å². The average Bonchev–Trinajstić information content (AvgIpc) is 2.27. The summed E-state index contributed by atoms with van der Waals surface area (Å²) in [4.78, 5) is 0. The Hall–Kier alpha value is -0.0900. The van der Waals surface area contributed by atoms with E-state index in [-0.39, 0.29) is 0 Å². The second kappa shape index (κ2) is 6.60. The molecule has 16 heavy (non-hydrogen) atoms. The zero-order valence-corrected chi connectivity index (χ0v) is 11.4. The van der Waals surface area contributed by atoms with Crippen molar-refractivity contribution in [2.45, 2.75) is 51.5 Å². The van der Waals surface area contributed by atoms with Crippen LogP contribution in [0.5, 0.6) is 0 Å². The molecule has 0 radical (unpaired) electrons. The summed E-state index contributed by atoms with van der Waals surface area (Å²) in [5, 5.41) is 3.31. The Labute approximate surface area is 99.9 Å². The zero-order chi connectivity index (χ0) is 12.0. The molecule has 1 rings (SSSR count). The molecule has 1 saturated carbocycles. The number of hydrogen-bond donors (Lipinski definition) is 1. The second-order valence-electron chi connectivity index (χ2n) is 4.96. The van der Waals surface area contributed by atoms with Crippen molar-refractivity contribution in [3.05, 3.63) is 0 Å². The van der Waals surface area contributed by atoms with Crippen LogP contribution in [0.25, 0.3) is 0 Å². The quantitative estimate of drug-likeness (QED) is 0.780. The molecule has 1 aliphatic rings. The van der Waals surface area contributed by atoms with Crippen LogP contribution in [0.2, 0.25) is 0 Å². The molecule has 2 atom stereocenters. The summed E-state index contributed by atoms with van der Waals surface area (Å²) in [6.45, 7) is 1.93. The van der Waals surface area contributed by atoms with E-state index in [0.717, 1.165) is 19.3 Å². The van der Waals surface area contributed by atoms with Crippen LogP contribution in [0, 0.1) is 5.92 Å². The van der Waals surface area contributed by atoms with Gasteiger partial charge in [-0.1, -0.05) is 19.8 Å². The summed E-state index contributed by atoms with van der Waals surface area (Å²) in [7, 11) is -0.775. The summed E-state index contributed by atoms with van der Waals surface area (Å²) in [6.07, 6.45) is 6.45. The molecule has 3 nitrogen and oxygen atoms in total. The third-order valence-electron chi connectivity index (χ3n) is 3.54. The van der Waals surface area contributed by atoms with Crippen molar-refractivity contribution in [2.24, 2.45) is 5.92 Å². The van der Waals surface area contributed by atoms with Gasteiger partial charge in [-0.25, -0.2) is 8.42 Å². The van der Waals surface area contributed by atoms with Gasteiger partial charge < -0.3 is 5.32 Å². The molecule has 0 aromatic rings. The first-order valence-corrected chi connectivity index (χ1v) is 8.27. The van der Waals surface area contributed by atoms with Crippen molar-refractivity contribution in [2.75, 3.05) is 18.6 Å². The topological polar surface area (TPSA) is 46.2 Å². The lowest BCUT2D eigenvalue weighted by Crippen LogP contribution is -2.32. The van der Waals surface area contributed by atoms with E-state index in [1.807, 2.05) is 14.0 Å². The highest BCUT2D eigenvalue weighted by atomic mass is 32.2. The Balaban J connectivity index is 2.32. The van der Waals surface area contributed by atoms with Gasteiger partial charge in [0.05, 0.1) is 5.75 Å². The molecule has 1 fully saturated rings. The fourth-order valence-corrected chi connectivity index (χ4v) is 4.09. The van der Waals surface area contributed by atoms with Crippen molar-refractivity contribution < 1.29 is 8.42 Å². The molecule has 0 amide bonds. The van der Waals surface area contributed by atoms with E-state index in [1.165, 1.54) is 19.3 Å². The van der Waals surface area contributed by atoms with E-state index in [0.29, 0.717) is 23.5 Å². The van der Waals surface area contributed by atoms with Crippen molar-refractivity contribution in [1.82, 2.24) is 5.32 Å². The van der Waals surface area contributed by atoms with Crippen LogP contribution >= 0.6 is 0 Å². The molecule has 4 heteroatoms. The Morgan fingerprint density at radius 1 is 1.25 bits per heavy atom. The minimum Gasteiger partial charge on any atom is -0.317 e. The molecule has 2 unspecified atom stereocenters. The fraction of sp³-hybridized carbons (Fsp3) is 1.00. The van der Waals surface area contributed by atoms with Crippen LogP contribution in [-0.4, -0.2) is 33.0 Å². The number of rotatable bonds is 6. The van der Waals surface area contributed by atoms with E-state index in [2.05, 4.69) is 5.32 Å². The van der Waals surface area contributed by atoms with Crippen LogP contribution in [0.3, 0.4) is 0 Å². The molecule has 0 aromatic heterocycles. The van der Waals surface area contributed by atoms with Gasteiger partial charge in [-0.15, -0.1) is 0 Å². The Bertz CT molecular complexity index is 287. The minimum absolute atomic E-state index is 0.356. The molecule has 0 aromatic carbocycles. The SMILES string of the molecule is CCCS(=O)(=O)CCC1CCCC(NC)C1. The summed E-state index contributed by atoms with van der Waals surface area (Å²) in [6, 6.07) is 0.604. The normalized spacial score (nSPS) is 26.9. The van der Waals surface area contributed by atoms with Crippen LogP contribution < -0.4 is 5.32 Å². The third kappa shape index (κ3) is 4.83. The summed E-state index contributed by atoms with van der Waals surface area (Å²) in [5.74, 6) is 1.36. The zero-order valence-electron chi connectivity index (χ0n) is 10.5. The maximum atomic E-state index is 11.6. The lowest BCUT2D eigenvalue weighted by molar-refractivity contribution is 0.290. The van der Waals surface area contributed by atoms with E-state index in [9.17, 15) is 8.42 Å². The number of hydrogen-bond acceptors (Lipinski definition) is 3. The van der Waals surface area contributed by atoms with Gasteiger partial charge >= 0.3 is 0 Å². The average molecular weight is 247 g/mol. The predicted molar refractivity (Wildman–Crippen MR) is 68.4 cm³/mol. The van der Waals surface area contributed by atoms with Crippen LogP contribution in [0.15, 0.2) is 0 Å². The first kappa shape index (κ1) is 14.0. The molecule has 0 aliphatic heterocycles. The van der Waals surface area contributed by atoms with Crippen LogP contribution in [-0.2, 0) is 9.84 Å². The van der Waals surface area contributed by atoms with Gasteiger partial charge in [0.2, 0.25) is 0 Å². The van der Waals surface area contributed by atoms with Crippen LogP contribution in [0.4, 0.5) is 0 Å². The highest BCUT2D eigenvalue weighted by Crippen LogP contribution is 2.27. The van der Waals surface area contributed by atoms with Gasteiger partial charge in [0.25, 0.3) is 0 Å². The summed E-state index contributed by atoms with van der Waals surface area (Å²) in [5.41, 5.74) is 0. The molecule has 0 spiro atoms. The van der Waals surface area contributed by atoms with Gasteiger partial charge in [-0.3, -0.25) is 0 Å². The van der Waals surface area contributed by atoms with Crippen molar-refractivity contribution in [3.63, 3.8) is 0 Å². The maximum Gasteiger partial charge on any atom is 0.150 e. The minimum atomic E-state index is -2.78. The molecule has 0 saturated heterocycles. The van der Waals surface area contributed by atoms with E-state index >= 15 is 0 Å². The highest BCUT2D eigenvalue weighted by molar-refractivity contribution is 7.91. The van der Waals surface area contributed by atoms with Gasteiger partial charge in [0.15, 0.2) is 0 Å². The standard InChI is InChI=1S/C12H25NO2S/c1-3-8-16(14,15)9-7-11-5-4-6-12(10-11)13-2/h11-13H,3-10H2,1-2H3. The lowest BCUT2D eigenvalue weighted by Gasteiger charge is -2.28. The molecular weight excluding hydrogens is 222 g/mol. The van der Waals surface area contributed by atoms with E-state index in [1.54, 1.807) is 0 Å². The van der Waals surface area contributed by atoms with Crippen molar-refractivity contribution >= 4 is 9.84 Å². The second-order valence-corrected chi connectivity index (χ2v) is 7.26. The first-order chi connectivity index (χ1) is 7.57. The van der Waals surface area contributed by atoms with Crippen molar-refractivity contribution in [1.29, 1.82) is 0 Å². The Kier molecular flexibility index (Phi) is 5.76. The number of nitrogens with one attached hydrogen (secondary N) is 1. The summed E-state index contributed by atoms with van der Waals surface area (Å²) >= 11 is 0. The first-order valence-electron chi connectivity index (χ1n) is 6.45. The Morgan fingerprint density at radius 3 is 2.62 bits per heavy atom. The molecule has 0 bridgehead atoms. The van der Waals surface area contributed by atoms with Gasteiger partial charge in [-0.05, 0) is 38.6 Å². The molecule has 96 valence electrons. The predicted octanol–water partition coefficient (Wildman–Crippen LogP) is 1.98. The molecule has 1 aliphatic carbocycles. The molecular formula is C12H25NO2S. The Morgan fingerprint density at radius 2 is 2.00 bits per heavy atom.